The minimum atomic E-state index is -0.317. The molecule has 2 rings (SSSR count). The number of pyridine rings is 1. The van der Waals surface area contributed by atoms with E-state index in [0.29, 0.717) is 17.6 Å². The molecule has 0 unspecified atom stereocenters. The quantitative estimate of drug-likeness (QED) is 0.814. The summed E-state index contributed by atoms with van der Waals surface area (Å²) in [5, 5.41) is 3.16. The van der Waals surface area contributed by atoms with Gasteiger partial charge >= 0.3 is 5.97 Å². The molecule has 4 heteroatoms. The molecule has 0 atom stereocenters. The van der Waals surface area contributed by atoms with Crippen molar-refractivity contribution < 1.29 is 9.53 Å². The molecule has 1 fully saturated rings. The lowest BCUT2D eigenvalue weighted by Gasteiger charge is -2.24. The molecule has 0 saturated heterocycles. The molecule has 4 nitrogen and oxygen atoms in total. The number of carbonyl (C=O) groups is 1. The smallest absolute Gasteiger partial charge is 0.357 e. The van der Waals surface area contributed by atoms with Crippen LogP contribution in [0.1, 0.15) is 43.6 Å². The minimum absolute atomic E-state index is 0.103. The van der Waals surface area contributed by atoms with Gasteiger partial charge in [0.2, 0.25) is 0 Å². The minimum Gasteiger partial charge on any atom is -0.458 e. The molecule has 1 aromatic heterocycles. The van der Waals surface area contributed by atoms with E-state index in [1.54, 1.807) is 6.07 Å². The van der Waals surface area contributed by atoms with Crippen molar-refractivity contribution in [3.05, 3.63) is 23.9 Å². The molecule has 1 saturated carbocycles. The lowest BCUT2D eigenvalue weighted by atomic mass is 9.96. The summed E-state index contributed by atoms with van der Waals surface area (Å²) in [6.07, 6.45) is 3.22. The zero-order chi connectivity index (χ0) is 12.3. The summed E-state index contributed by atoms with van der Waals surface area (Å²) >= 11 is 0. The predicted molar refractivity (Wildman–Crippen MR) is 66.1 cm³/mol. The van der Waals surface area contributed by atoms with Crippen molar-refractivity contribution >= 4 is 11.8 Å². The lowest BCUT2D eigenvalue weighted by Crippen LogP contribution is -2.25. The van der Waals surface area contributed by atoms with Crippen molar-refractivity contribution in [1.29, 1.82) is 0 Å². The number of hydrogen-bond donors (Lipinski definition) is 1. The highest BCUT2D eigenvalue weighted by Gasteiger charge is 2.23. The van der Waals surface area contributed by atoms with Crippen LogP contribution >= 0.6 is 0 Å². The van der Waals surface area contributed by atoms with Crippen molar-refractivity contribution in [2.75, 3.05) is 5.32 Å². The fraction of sp³-hybridized carbons (Fsp3) is 0.538. The fourth-order valence-electron chi connectivity index (χ4n) is 1.62. The molecule has 92 valence electrons. The zero-order valence-corrected chi connectivity index (χ0v) is 10.3. The SMILES string of the molecule is CC(C)Nc1cccc(C(=O)OC2CCC2)n1. The summed E-state index contributed by atoms with van der Waals surface area (Å²) in [5.74, 6) is 0.394. The van der Waals surface area contributed by atoms with Crippen LogP contribution in [0, 0.1) is 0 Å². The Morgan fingerprint density at radius 2 is 2.24 bits per heavy atom. The number of carbonyl (C=O) groups excluding carboxylic acids is 1. The number of aromatic nitrogens is 1. The Bertz CT molecular complexity index is 400. The summed E-state index contributed by atoms with van der Waals surface area (Å²) in [5.41, 5.74) is 0.377. The van der Waals surface area contributed by atoms with Crippen LogP contribution in [0.2, 0.25) is 0 Å². The topological polar surface area (TPSA) is 51.2 Å². The molecule has 1 aliphatic rings. The van der Waals surface area contributed by atoms with E-state index in [1.807, 2.05) is 26.0 Å². The molecule has 1 aliphatic carbocycles. The van der Waals surface area contributed by atoms with Crippen molar-refractivity contribution in [3.63, 3.8) is 0 Å². The van der Waals surface area contributed by atoms with E-state index in [9.17, 15) is 4.79 Å². The van der Waals surface area contributed by atoms with Gasteiger partial charge in [0.1, 0.15) is 11.9 Å². The Hall–Kier alpha value is -1.58. The second-order valence-electron chi connectivity index (χ2n) is 4.67. The Morgan fingerprint density at radius 1 is 1.47 bits per heavy atom. The molecule has 0 amide bonds. The van der Waals surface area contributed by atoms with Gasteiger partial charge in [0.25, 0.3) is 0 Å². The van der Waals surface area contributed by atoms with Crippen LogP contribution in [0.3, 0.4) is 0 Å². The number of hydrogen-bond acceptors (Lipinski definition) is 4. The van der Waals surface area contributed by atoms with Gasteiger partial charge in [-0.1, -0.05) is 6.07 Å². The van der Waals surface area contributed by atoms with Crippen LogP contribution in [-0.4, -0.2) is 23.1 Å². The number of nitrogens with zero attached hydrogens (tertiary/aromatic N) is 1. The van der Waals surface area contributed by atoms with E-state index in [4.69, 9.17) is 4.74 Å². The highest BCUT2D eigenvalue weighted by Crippen LogP contribution is 2.23. The molecular formula is C13H18N2O2. The molecular weight excluding hydrogens is 216 g/mol. The first-order valence-electron chi connectivity index (χ1n) is 6.10. The van der Waals surface area contributed by atoms with Crippen molar-refractivity contribution in [2.45, 2.75) is 45.3 Å². The van der Waals surface area contributed by atoms with E-state index in [2.05, 4.69) is 10.3 Å². The van der Waals surface area contributed by atoms with Crippen LogP contribution < -0.4 is 5.32 Å². The normalized spacial score (nSPS) is 15.5. The molecule has 0 aromatic carbocycles. The van der Waals surface area contributed by atoms with E-state index < -0.39 is 0 Å². The van der Waals surface area contributed by atoms with Gasteiger partial charge in [0, 0.05) is 6.04 Å². The van der Waals surface area contributed by atoms with Gasteiger partial charge in [-0.25, -0.2) is 9.78 Å². The summed E-state index contributed by atoms with van der Waals surface area (Å²) < 4.78 is 5.30. The highest BCUT2D eigenvalue weighted by molar-refractivity contribution is 5.87. The summed E-state index contributed by atoms with van der Waals surface area (Å²) in [6.45, 7) is 4.06. The van der Waals surface area contributed by atoms with Gasteiger partial charge in [-0.3, -0.25) is 0 Å². The maximum Gasteiger partial charge on any atom is 0.357 e. The van der Waals surface area contributed by atoms with Crippen LogP contribution in [-0.2, 0) is 4.74 Å². The maximum atomic E-state index is 11.8. The number of anilines is 1. The largest absolute Gasteiger partial charge is 0.458 e. The van der Waals surface area contributed by atoms with Crippen LogP contribution in [0.5, 0.6) is 0 Å². The fourth-order valence-corrected chi connectivity index (χ4v) is 1.62. The lowest BCUT2D eigenvalue weighted by molar-refractivity contribution is 0.00838. The molecule has 0 aliphatic heterocycles. The standard InChI is InChI=1S/C13H18N2O2/c1-9(2)14-12-8-4-7-11(15-12)13(16)17-10-5-3-6-10/h4,7-10H,3,5-6H2,1-2H3,(H,14,15). The average molecular weight is 234 g/mol. The van der Waals surface area contributed by atoms with Crippen LogP contribution in [0.25, 0.3) is 0 Å². The molecule has 1 N–H and O–H groups in total. The third kappa shape index (κ3) is 3.19. The Labute approximate surface area is 101 Å². The zero-order valence-electron chi connectivity index (χ0n) is 10.3. The Morgan fingerprint density at radius 3 is 2.82 bits per heavy atom. The third-order valence-corrected chi connectivity index (χ3v) is 2.72. The third-order valence-electron chi connectivity index (χ3n) is 2.72. The van der Waals surface area contributed by atoms with Gasteiger partial charge < -0.3 is 10.1 Å². The first-order chi connectivity index (χ1) is 8.15. The Kier molecular flexibility index (Phi) is 3.61. The molecule has 1 heterocycles. The predicted octanol–water partition coefficient (Wildman–Crippen LogP) is 2.61. The van der Waals surface area contributed by atoms with E-state index in [1.165, 1.54) is 0 Å². The number of ether oxygens (including phenoxy) is 1. The first kappa shape index (κ1) is 11.9. The summed E-state index contributed by atoms with van der Waals surface area (Å²) in [6, 6.07) is 5.64. The van der Waals surface area contributed by atoms with E-state index in [-0.39, 0.29) is 12.1 Å². The Balaban J connectivity index is 2.01. The average Bonchev–Trinajstić information content (AvgIpc) is 2.22. The molecule has 0 spiro atoms. The van der Waals surface area contributed by atoms with E-state index in [0.717, 1.165) is 19.3 Å². The maximum absolute atomic E-state index is 11.8. The van der Waals surface area contributed by atoms with Crippen molar-refractivity contribution in [1.82, 2.24) is 4.98 Å². The number of esters is 1. The van der Waals surface area contributed by atoms with Gasteiger partial charge in [-0.05, 0) is 45.2 Å². The van der Waals surface area contributed by atoms with Gasteiger partial charge in [0.15, 0.2) is 5.69 Å². The summed E-state index contributed by atoms with van der Waals surface area (Å²) in [4.78, 5) is 16.0. The molecule has 0 bridgehead atoms. The first-order valence-corrected chi connectivity index (χ1v) is 6.10. The summed E-state index contributed by atoms with van der Waals surface area (Å²) in [7, 11) is 0. The van der Waals surface area contributed by atoms with Crippen molar-refractivity contribution in [2.24, 2.45) is 0 Å². The van der Waals surface area contributed by atoms with Gasteiger partial charge in [-0.2, -0.15) is 0 Å². The molecule has 0 radical (unpaired) electrons. The van der Waals surface area contributed by atoms with Crippen molar-refractivity contribution in [3.8, 4) is 0 Å². The second kappa shape index (κ2) is 5.17. The van der Waals surface area contributed by atoms with Crippen LogP contribution in [0.4, 0.5) is 5.82 Å². The highest BCUT2D eigenvalue weighted by atomic mass is 16.5. The monoisotopic (exact) mass is 234 g/mol. The molecule has 1 aromatic rings. The molecule has 17 heavy (non-hydrogen) atoms. The number of nitrogens with one attached hydrogen (secondary N) is 1. The van der Waals surface area contributed by atoms with Crippen LogP contribution in [0.15, 0.2) is 18.2 Å². The van der Waals surface area contributed by atoms with E-state index >= 15 is 0 Å². The number of rotatable bonds is 4. The van der Waals surface area contributed by atoms with Gasteiger partial charge in [-0.15, -0.1) is 0 Å². The second-order valence-corrected chi connectivity index (χ2v) is 4.67. The van der Waals surface area contributed by atoms with Gasteiger partial charge in [0.05, 0.1) is 0 Å².